The lowest BCUT2D eigenvalue weighted by molar-refractivity contribution is -0.107. The molecule has 6 heteroatoms. The van der Waals surface area contributed by atoms with Crippen LogP contribution in [0.1, 0.15) is 15.9 Å². The minimum atomic E-state index is -0.302. The predicted octanol–water partition coefficient (Wildman–Crippen LogP) is -0.611. The van der Waals surface area contributed by atoms with Gasteiger partial charge in [-0.05, 0) is 17.7 Å². The average Bonchev–Trinajstić information content (AvgIpc) is 2.33. The molecule has 0 aliphatic carbocycles. The van der Waals surface area contributed by atoms with E-state index in [2.05, 4.69) is 10.3 Å². The molecule has 0 heterocycles. The molecule has 0 fully saturated rings. The Hall–Kier alpha value is -2.37. The monoisotopic (exact) mass is 234 g/mol. The first-order chi connectivity index (χ1) is 8.13. The van der Waals surface area contributed by atoms with Gasteiger partial charge in [-0.15, -0.1) is 0 Å². The smallest absolute Gasteiger partial charge is 0.251 e. The minimum absolute atomic E-state index is 0.000750. The van der Waals surface area contributed by atoms with E-state index >= 15 is 0 Å². The molecule has 90 valence electrons. The number of benzene rings is 1. The molecule has 1 aromatic rings. The van der Waals surface area contributed by atoms with Gasteiger partial charge in [0.25, 0.3) is 5.91 Å². The maximum Gasteiger partial charge on any atom is 0.251 e. The molecule has 0 spiro atoms. The first-order valence-corrected chi connectivity index (χ1v) is 4.99. The zero-order chi connectivity index (χ0) is 12.7. The number of carbonyl (C=O) groups is 2. The molecule has 0 aliphatic rings. The van der Waals surface area contributed by atoms with Gasteiger partial charge in [0.2, 0.25) is 0 Å². The Balaban J connectivity index is 2.74. The molecule has 0 aromatic heterocycles. The van der Waals surface area contributed by atoms with E-state index in [4.69, 9.17) is 11.5 Å². The largest absolute Gasteiger partial charge is 0.370 e. The number of hydrogen-bond donors (Lipinski definition) is 3. The second kappa shape index (κ2) is 6.26. The zero-order valence-electron chi connectivity index (χ0n) is 9.22. The summed E-state index contributed by atoms with van der Waals surface area (Å²) in [6.45, 7) is 0.314. The lowest BCUT2D eigenvalue weighted by atomic mass is 10.1. The number of amides is 1. The van der Waals surface area contributed by atoms with E-state index in [0.29, 0.717) is 18.4 Å². The molecule has 0 atom stereocenters. The summed E-state index contributed by atoms with van der Waals surface area (Å²) < 4.78 is 0. The standard InChI is InChI=1S/C11H14N4O2/c12-11(13)15-7-8-2-1-3-9(6-8)10(17)14-4-5-16/h1-3,5-6H,4,7H2,(H,14,17)(H4,12,13,15). The van der Waals surface area contributed by atoms with Crippen molar-refractivity contribution >= 4 is 18.2 Å². The Labute approximate surface area is 98.7 Å². The van der Waals surface area contributed by atoms with Crippen LogP contribution in [0.4, 0.5) is 0 Å². The number of nitrogens with two attached hydrogens (primary N) is 2. The van der Waals surface area contributed by atoms with Crippen molar-refractivity contribution in [2.45, 2.75) is 6.54 Å². The highest BCUT2D eigenvalue weighted by Crippen LogP contribution is 2.06. The second-order valence-electron chi connectivity index (χ2n) is 3.32. The molecular weight excluding hydrogens is 220 g/mol. The number of aliphatic imine (C=N–C) groups is 1. The minimum Gasteiger partial charge on any atom is -0.370 e. The van der Waals surface area contributed by atoms with Gasteiger partial charge in [0, 0.05) is 5.56 Å². The Morgan fingerprint density at radius 2 is 2.18 bits per heavy atom. The van der Waals surface area contributed by atoms with Crippen LogP contribution in [0, 0.1) is 0 Å². The van der Waals surface area contributed by atoms with Gasteiger partial charge in [-0.2, -0.15) is 0 Å². The third kappa shape index (κ3) is 4.33. The van der Waals surface area contributed by atoms with Crippen LogP contribution in [0.3, 0.4) is 0 Å². The van der Waals surface area contributed by atoms with Crippen molar-refractivity contribution in [3.63, 3.8) is 0 Å². The van der Waals surface area contributed by atoms with E-state index in [9.17, 15) is 9.59 Å². The van der Waals surface area contributed by atoms with Crippen molar-refractivity contribution in [3.8, 4) is 0 Å². The van der Waals surface area contributed by atoms with E-state index in [1.807, 2.05) is 6.07 Å². The Bertz CT molecular complexity index is 439. The highest BCUT2D eigenvalue weighted by Gasteiger charge is 2.04. The Morgan fingerprint density at radius 1 is 1.41 bits per heavy atom. The van der Waals surface area contributed by atoms with Crippen molar-refractivity contribution in [2.24, 2.45) is 16.5 Å². The van der Waals surface area contributed by atoms with E-state index in [1.165, 1.54) is 0 Å². The molecule has 0 aliphatic heterocycles. The summed E-state index contributed by atoms with van der Waals surface area (Å²) in [4.78, 5) is 25.5. The highest BCUT2D eigenvalue weighted by molar-refractivity contribution is 5.95. The van der Waals surface area contributed by atoms with Crippen LogP contribution in [-0.4, -0.2) is 24.7 Å². The maximum atomic E-state index is 11.5. The molecule has 0 unspecified atom stereocenters. The van der Waals surface area contributed by atoms with Crippen LogP contribution < -0.4 is 16.8 Å². The molecular formula is C11H14N4O2. The van der Waals surface area contributed by atoms with Crippen LogP contribution in [0.15, 0.2) is 29.3 Å². The molecule has 1 rings (SSSR count). The quantitative estimate of drug-likeness (QED) is 0.358. The van der Waals surface area contributed by atoms with Crippen LogP contribution in [0.2, 0.25) is 0 Å². The lowest BCUT2D eigenvalue weighted by Gasteiger charge is -2.03. The average molecular weight is 234 g/mol. The van der Waals surface area contributed by atoms with E-state index < -0.39 is 0 Å². The zero-order valence-corrected chi connectivity index (χ0v) is 9.22. The summed E-state index contributed by atoms with van der Waals surface area (Å²) in [7, 11) is 0. The molecule has 1 aromatic carbocycles. The van der Waals surface area contributed by atoms with Crippen molar-refractivity contribution in [3.05, 3.63) is 35.4 Å². The van der Waals surface area contributed by atoms with Gasteiger partial charge in [0.15, 0.2) is 5.96 Å². The summed E-state index contributed by atoms with van der Waals surface area (Å²) in [5.41, 5.74) is 11.7. The Morgan fingerprint density at radius 3 is 2.82 bits per heavy atom. The van der Waals surface area contributed by atoms with Gasteiger partial charge in [-0.1, -0.05) is 12.1 Å². The summed E-state index contributed by atoms with van der Waals surface area (Å²) >= 11 is 0. The SMILES string of the molecule is NC(N)=NCc1cccc(C(=O)NCC=O)c1. The summed E-state index contributed by atoms with van der Waals surface area (Å²) in [6.07, 6.45) is 0.626. The number of nitrogens with one attached hydrogen (secondary N) is 1. The van der Waals surface area contributed by atoms with Gasteiger partial charge in [0.1, 0.15) is 6.29 Å². The molecule has 17 heavy (non-hydrogen) atoms. The molecule has 0 bridgehead atoms. The van der Waals surface area contributed by atoms with Gasteiger partial charge < -0.3 is 21.6 Å². The van der Waals surface area contributed by atoms with Gasteiger partial charge in [0.05, 0.1) is 13.1 Å². The van der Waals surface area contributed by atoms with Crippen molar-refractivity contribution in [1.82, 2.24) is 5.32 Å². The van der Waals surface area contributed by atoms with Crippen LogP contribution in [0.25, 0.3) is 0 Å². The number of guanidine groups is 1. The third-order valence-electron chi connectivity index (χ3n) is 1.98. The van der Waals surface area contributed by atoms with Gasteiger partial charge in [-0.25, -0.2) is 4.99 Å². The molecule has 0 radical (unpaired) electrons. The first kappa shape index (κ1) is 12.7. The van der Waals surface area contributed by atoms with Crippen molar-refractivity contribution in [1.29, 1.82) is 0 Å². The highest BCUT2D eigenvalue weighted by atomic mass is 16.2. The fourth-order valence-corrected chi connectivity index (χ4v) is 1.23. The number of nitrogens with zero attached hydrogens (tertiary/aromatic N) is 1. The van der Waals surface area contributed by atoms with Crippen molar-refractivity contribution < 1.29 is 9.59 Å². The number of aldehydes is 1. The maximum absolute atomic E-state index is 11.5. The van der Waals surface area contributed by atoms with E-state index in [0.717, 1.165) is 5.56 Å². The summed E-state index contributed by atoms with van der Waals surface area (Å²) in [6, 6.07) is 6.86. The topological polar surface area (TPSA) is 111 Å². The van der Waals surface area contributed by atoms with Crippen LogP contribution >= 0.6 is 0 Å². The lowest BCUT2D eigenvalue weighted by Crippen LogP contribution is -2.25. The molecule has 0 saturated heterocycles. The van der Waals surface area contributed by atoms with Crippen LogP contribution in [0.5, 0.6) is 0 Å². The fraction of sp³-hybridized carbons (Fsp3) is 0.182. The van der Waals surface area contributed by atoms with Crippen molar-refractivity contribution in [2.75, 3.05) is 6.54 Å². The van der Waals surface area contributed by atoms with Gasteiger partial charge in [-0.3, -0.25) is 4.79 Å². The van der Waals surface area contributed by atoms with Crippen LogP contribution in [-0.2, 0) is 11.3 Å². The molecule has 0 saturated carbocycles. The predicted molar refractivity (Wildman–Crippen MR) is 64.4 cm³/mol. The second-order valence-corrected chi connectivity index (χ2v) is 3.32. The molecule has 1 amide bonds. The Kier molecular flexibility index (Phi) is 4.68. The van der Waals surface area contributed by atoms with E-state index in [1.54, 1.807) is 18.2 Å². The number of hydrogen-bond acceptors (Lipinski definition) is 3. The number of carbonyl (C=O) groups excluding carboxylic acids is 2. The first-order valence-electron chi connectivity index (χ1n) is 4.99. The van der Waals surface area contributed by atoms with Gasteiger partial charge >= 0.3 is 0 Å². The molecule has 6 nitrogen and oxygen atoms in total. The number of rotatable bonds is 5. The normalized spacial score (nSPS) is 9.41. The summed E-state index contributed by atoms with van der Waals surface area (Å²) in [5, 5.41) is 2.45. The van der Waals surface area contributed by atoms with E-state index in [-0.39, 0.29) is 18.4 Å². The fourth-order valence-electron chi connectivity index (χ4n) is 1.23. The third-order valence-corrected chi connectivity index (χ3v) is 1.98. The summed E-state index contributed by atoms with van der Waals surface area (Å²) in [5.74, 6) is -0.301. The molecule has 5 N–H and O–H groups in total.